The maximum absolute atomic E-state index is 12.0. The zero-order valence-corrected chi connectivity index (χ0v) is 11.4. The monoisotopic (exact) mass is 281 g/mol. The number of likely N-dealkylation sites (tertiary alicyclic amines) is 1. The number of hydrogen-bond donors (Lipinski definition) is 2. The van der Waals surface area contributed by atoms with E-state index in [2.05, 4.69) is 15.6 Å². The Morgan fingerprint density at radius 1 is 1.55 bits per heavy atom. The molecule has 0 saturated carbocycles. The third kappa shape index (κ3) is 3.77. The van der Waals surface area contributed by atoms with E-state index < -0.39 is 6.10 Å². The second-order valence-electron chi connectivity index (χ2n) is 4.84. The lowest BCUT2D eigenvalue weighted by atomic mass is 10.1. The first kappa shape index (κ1) is 14.4. The minimum atomic E-state index is -0.442. The van der Waals surface area contributed by atoms with E-state index in [1.54, 1.807) is 11.8 Å². The van der Waals surface area contributed by atoms with Gasteiger partial charge in [-0.15, -0.1) is 5.10 Å². The lowest BCUT2D eigenvalue weighted by Gasteiger charge is -2.29. The van der Waals surface area contributed by atoms with Crippen LogP contribution in [0.25, 0.3) is 0 Å². The van der Waals surface area contributed by atoms with Gasteiger partial charge in [-0.25, -0.2) is 4.68 Å². The number of carbonyl (C=O) groups is 2. The van der Waals surface area contributed by atoms with Crippen molar-refractivity contribution in [1.29, 1.82) is 0 Å². The minimum Gasteiger partial charge on any atom is -0.391 e. The van der Waals surface area contributed by atoms with Crippen LogP contribution in [0.1, 0.15) is 26.2 Å². The summed E-state index contributed by atoms with van der Waals surface area (Å²) in [4.78, 5) is 24.9. The fraction of sp³-hybridized carbons (Fsp3) is 0.667. The van der Waals surface area contributed by atoms with Crippen molar-refractivity contribution in [1.82, 2.24) is 19.9 Å². The zero-order chi connectivity index (χ0) is 14.5. The molecule has 0 radical (unpaired) electrons. The standard InChI is InChI=1S/C12H19N5O3/c1-2-11(19)13-10-7-17(15-14-10)8-12(20)16-5-3-4-9(18)6-16/h7,9,18H,2-6,8H2,1H3,(H,13,19). The summed E-state index contributed by atoms with van der Waals surface area (Å²) in [5, 5.41) is 19.7. The Labute approximate surface area is 116 Å². The molecular weight excluding hydrogens is 262 g/mol. The highest BCUT2D eigenvalue weighted by atomic mass is 16.3. The van der Waals surface area contributed by atoms with Crippen LogP contribution in [0, 0.1) is 0 Å². The van der Waals surface area contributed by atoms with Gasteiger partial charge in [0.05, 0.1) is 12.3 Å². The first-order valence-electron chi connectivity index (χ1n) is 6.74. The predicted octanol–water partition coefficient (Wildman–Crippen LogP) is -0.390. The van der Waals surface area contributed by atoms with E-state index in [4.69, 9.17) is 0 Å². The number of carbonyl (C=O) groups excluding carboxylic acids is 2. The molecule has 20 heavy (non-hydrogen) atoms. The molecule has 0 aromatic carbocycles. The number of amides is 2. The quantitative estimate of drug-likeness (QED) is 0.783. The summed E-state index contributed by atoms with van der Waals surface area (Å²) in [6.07, 6.45) is 2.98. The first-order valence-corrected chi connectivity index (χ1v) is 6.74. The van der Waals surface area contributed by atoms with Crippen LogP contribution in [0.15, 0.2) is 6.20 Å². The molecule has 2 amide bonds. The van der Waals surface area contributed by atoms with E-state index in [0.29, 0.717) is 25.3 Å². The molecule has 2 N–H and O–H groups in total. The molecule has 8 heteroatoms. The molecule has 0 spiro atoms. The highest BCUT2D eigenvalue weighted by Gasteiger charge is 2.22. The van der Waals surface area contributed by atoms with Crippen LogP contribution in [0.2, 0.25) is 0 Å². The van der Waals surface area contributed by atoms with Gasteiger partial charge in [0.15, 0.2) is 5.82 Å². The topological polar surface area (TPSA) is 100 Å². The largest absolute Gasteiger partial charge is 0.391 e. The van der Waals surface area contributed by atoms with Crippen LogP contribution in [0.3, 0.4) is 0 Å². The highest BCUT2D eigenvalue weighted by molar-refractivity contribution is 5.89. The van der Waals surface area contributed by atoms with Crippen LogP contribution < -0.4 is 5.32 Å². The Kier molecular flexibility index (Phi) is 4.67. The van der Waals surface area contributed by atoms with E-state index in [1.165, 1.54) is 10.9 Å². The molecule has 2 heterocycles. The number of nitrogens with one attached hydrogen (secondary N) is 1. The summed E-state index contributed by atoms with van der Waals surface area (Å²) in [5.41, 5.74) is 0. The summed E-state index contributed by atoms with van der Waals surface area (Å²) >= 11 is 0. The van der Waals surface area contributed by atoms with Crippen molar-refractivity contribution in [3.63, 3.8) is 0 Å². The van der Waals surface area contributed by atoms with Crippen LogP contribution in [-0.2, 0) is 16.1 Å². The summed E-state index contributed by atoms with van der Waals surface area (Å²) in [6.45, 7) is 2.82. The third-order valence-corrected chi connectivity index (χ3v) is 3.17. The maximum Gasteiger partial charge on any atom is 0.244 e. The van der Waals surface area contributed by atoms with Crippen LogP contribution >= 0.6 is 0 Å². The fourth-order valence-electron chi connectivity index (χ4n) is 2.08. The van der Waals surface area contributed by atoms with Crippen molar-refractivity contribution in [2.75, 3.05) is 18.4 Å². The number of rotatable bonds is 4. The molecule has 1 fully saturated rings. The molecular formula is C12H19N5O3. The molecule has 1 aliphatic rings. The molecule has 110 valence electrons. The second-order valence-corrected chi connectivity index (χ2v) is 4.84. The molecule has 0 aliphatic carbocycles. The molecule has 0 bridgehead atoms. The van der Waals surface area contributed by atoms with Gasteiger partial charge in [0.25, 0.3) is 0 Å². The number of nitrogens with zero attached hydrogens (tertiary/aromatic N) is 4. The molecule has 8 nitrogen and oxygen atoms in total. The second kappa shape index (κ2) is 6.47. The van der Waals surface area contributed by atoms with Crippen molar-refractivity contribution in [2.24, 2.45) is 0 Å². The van der Waals surface area contributed by atoms with Crippen molar-refractivity contribution in [3.05, 3.63) is 6.20 Å². The highest BCUT2D eigenvalue weighted by Crippen LogP contribution is 2.10. The summed E-state index contributed by atoms with van der Waals surface area (Å²) < 4.78 is 1.38. The average Bonchev–Trinajstić information content (AvgIpc) is 2.85. The molecule has 1 saturated heterocycles. The molecule has 2 rings (SSSR count). The van der Waals surface area contributed by atoms with E-state index >= 15 is 0 Å². The number of piperidine rings is 1. The van der Waals surface area contributed by atoms with Gasteiger partial charge in [0.2, 0.25) is 11.8 Å². The van der Waals surface area contributed by atoms with E-state index in [0.717, 1.165) is 12.8 Å². The van der Waals surface area contributed by atoms with Crippen molar-refractivity contribution in [3.8, 4) is 0 Å². The molecule has 1 aromatic rings. The normalized spacial score (nSPS) is 18.9. The van der Waals surface area contributed by atoms with Crippen LogP contribution in [-0.4, -0.2) is 56.0 Å². The van der Waals surface area contributed by atoms with Gasteiger partial charge < -0.3 is 15.3 Å². The average molecular weight is 281 g/mol. The van der Waals surface area contributed by atoms with E-state index in [-0.39, 0.29) is 18.4 Å². The van der Waals surface area contributed by atoms with Gasteiger partial charge in [-0.05, 0) is 12.8 Å². The third-order valence-electron chi connectivity index (χ3n) is 3.17. The van der Waals surface area contributed by atoms with Gasteiger partial charge in [-0.3, -0.25) is 9.59 Å². The summed E-state index contributed by atoms with van der Waals surface area (Å²) in [7, 11) is 0. The number of hydrogen-bond acceptors (Lipinski definition) is 5. The number of aromatic nitrogens is 3. The Balaban J connectivity index is 1.89. The summed E-state index contributed by atoms with van der Waals surface area (Å²) in [5.74, 6) is 0.0767. The lowest BCUT2D eigenvalue weighted by molar-refractivity contribution is -0.135. The van der Waals surface area contributed by atoms with Crippen molar-refractivity contribution >= 4 is 17.6 Å². The van der Waals surface area contributed by atoms with E-state index in [1.807, 2.05) is 0 Å². The smallest absolute Gasteiger partial charge is 0.244 e. The number of aliphatic hydroxyl groups is 1. The first-order chi connectivity index (χ1) is 9.58. The van der Waals surface area contributed by atoms with Crippen molar-refractivity contribution in [2.45, 2.75) is 38.8 Å². The van der Waals surface area contributed by atoms with Gasteiger partial charge in [-0.2, -0.15) is 0 Å². The zero-order valence-electron chi connectivity index (χ0n) is 11.4. The molecule has 1 aromatic heterocycles. The Hall–Kier alpha value is -1.96. The fourth-order valence-corrected chi connectivity index (χ4v) is 2.08. The Bertz CT molecular complexity index is 487. The number of anilines is 1. The van der Waals surface area contributed by atoms with Crippen LogP contribution in [0.5, 0.6) is 0 Å². The molecule has 1 unspecified atom stereocenters. The SMILES string of the molecule is CCC(=O)Nc1cn(CC(=O)N2CCCC(O)C2)nn1. The van der Waals surface area contributed by atoms with Gasteiger partial charge in [-0.1, -0.05) is 12.1 Å². The lowest BCUT2D eigenvalue weighted by Crippen LogP contribution is -2.43. The van der Waals surface area contributed by atoms with Crippen LogP contribution in [0.4, 0.5) is 5.82 Å². The van der Waals surface area contributed by atoms with Gasteiger partial charge in [0, 0.05) is 19.5 Å². The maximum atomic E-state index is 12.0. The Morgan fingerprint density at radius 3 is 3.05 bits per heavy atom. The number of aliphatic hydroxyl groups excluding tert-OH is 1. The van der Waals surface area contributed by atoms with Gasteiger partial charge >= 0.3 is 0 Å². The van der Waals surface area contributed by atoms with Crippen molar-refractivity contribution < 1.29 is 14.7 Å². The minimum absolute atomic E-state index is 0.0573. The Morgan fingerprint density at radius 2 is 2.35 bits per heavy atom. The predicted molar refractivity (Wildman–Crippen MR) is 70.8 cm³/mol. The summed E-state index contributed by atoms with van der Waals surface area (Å²) in [6, 6.07) is 0. The number of β-amino-alcohol motifs (C(OH)–C–C–N with tert-alkyl or cyclic N) is 1. The molecule has 1 aliphatic heterocycles. The molecule has 1 atom stereocenters. The van der Waals surface area contributed by atoms with Gasteiger partial charge in [0.1, 0.15) is 6.54 Å². The van der Waals surface area contributed by atoms with E-state index in [9.17, 15) is 14.7 Å².